The highest BCUT2D eigenvalue weighted by Gasteiger charge is 2.32. The van der Waals surface area contributed by atoms with E-state index in [-0.39, 0.29) is 12.2 Å². The van der Waals surface area contributed by atoms with Gasteiger partial charge in [-0.15, -0.1) is 0 Å². The minimum atomic E-state index is -3.36. The van der Waals surface area contributed by atoms with Crippen molar-refractivity contribution in [2.24, 2.45) is 0 Å². The standard InChI is InChI=1S/C9H19O5P/c1-4-12-15(10,13-5-2)14-8(3)6-9-7-11-9/h8-9H,4-7H2,1-3H3. The second-order valence-corrected chi connectivity index (χ2v) is 5.01. The van der Waals surface area contributed by atoms with Crippen molar-refractivity contribution in [1.29, 1.82) is 0 Å². The fourth-order valence-electron chi connectivity index (χ4n) is 1.25. The Hall–Kier alpha value is 0.0700. The number of hydrogen-bond acceptors (Lipinski definition) is 5. The van der Waals surface area contributed by atoms with E-state index in [1.807, 2.05) is 6.92 Å². The van der Waals surface area contributed by atoms with Crippen LogP contribution in [0, 0.1) is 0 Å². The topological polar surface area (TPSA) is 57.3 Å². The van der Waals surface area contributed by atoms with E-state index in [0.29, 0.717) is 13.2 Å². The second-order valence-electron chi connectivity index (χ2n) is 3.39. The predicted octanol–water partition coefficient (Wildman–Crippen LogP) is 2.36. The van der Waals surface area contributed by atoms with Crippen LogP contribution < -0.4 is 0 Å². The van der Waals surface area contributed by atoms with E-state index < -0.39 is 7.82 Å². The first-order valence-electron chi connectivity index (χ1n) is 5.28. The van der Waals surface area contributed by atoms with E-state index in [0.717, 1.165) is 13.0 Å². The summed E-state index contributed by atoms with van der Waals surface area (Å²) >= 11 is 0. The summed E-state index contributed by atoms with van der Waals surface area (Å²) in [5.41, 5.74) is 0. The van der Waals surface area contributed by atoms with Crippen LogP contribution in [0.15, 0.2) is 0 Å². The number of ether oxygens (including phenoxy) is 1. The lowest BCUT2D eigenvalue weighted by Crippen LogP contribution is -2.12. The van der Waals surface area contributed by atoms with Crippen LogP contribution in [-0.4, -0.2) is 32.0 Å². The summed E-state index contributed by atoms with van der Waals surface area (Å²) in [6.45, 7) is 6.73. The lowest BCUT2D eigenvalue weighted by molar-refractivity contribution is 0.0840. The largest absolute Gasteiger partial charge is 0.475 e. The molecule has 5 nitrogen and oxygen atoms in total. The smallest absolute Gasteiger partial charge is 0.373 e. The molecule has 0 bridgehead atoms. The number of phosphoric ester groups is 1. The van der Waals surface area contributed by atoms with Crippen LogP contribution >= 0.6 is 7.82 Å². The second kappa shape index (κ2) is 5.97. The first-order valence-corrected chi connectivity index (χ1v) is 6.74. The maximum atomic E-state index is 11.9. The van der Waals surface area contributed by atoms with E-state index in [1.54, 1.807) is 13.8 Å². The lowest BCUT2D eigenvalue weighted by atomic mass is 10.2. The van der Waals surface area contributed by atoms with Crippen LogP contribution in [0.2, 0.25) is 0 Å². The molecule has 0 aliphatic carbocycles. The normalized spacial score (nSPS) is 22.7. The summed E-state index contributed by atoms with van der Waals surface area (Å²) in [5, 5.41) is 0. The molecule has 1 aliphatic rings. The van der Waals surface area contributed by atoms with E-state index in [2.05, 4.69) is 0 Å². The molecular formula is C9H19O5P. The third-order valence-electron chi connectivity index (χ3n) is 1.88. The van der Waals surface area contributed by atoms with Gasteiger partial charge in [-0.25, -0.2) is 4.57 Å². The van der Waals surface area contributed by atoms with Crippen molar-refractivity contribution in [3.05, 3.63) is 0 Å². The molecule has 1 heterocycles. The predicted molar refractivity (Wildman–Crippen MR) is 55.8 cm³/mol. The average Bonchev–Trinajstić information content (AvgIpc) is 2.87. The maximum Gasteiger partial charge on any atom is 0.475 e. The van der Waals surface area contributed by atoms with Gasteiger partial charge in [-0.2, -0.15) is 0 Å². The zero-order chi connectivity index (χ0) is 11.3. The van der Waals surface area contributed by atoms with E-state index in [1.165, 1.54) is 0 Å². The summed E-state index contributed by atoms with van der Waals surface area (Å²) in [6, 6.07) is 0. The first-order chi connectivity index (χ1) is 7.09. The van der Waals surface area contributed by atoms with Gasteiger partial charge in [0.1, 0.15) is 0 Å². The third kappa shape index (κ3) is 5.09. The number of epoxide rings is 1. The first kappa shape index (κ1) is 13.1. The van der Waals surface area contributed by atoms with Gasteiger partial charge in [-0.05, 0) is 20.8 Å². The molecule has 15 heavy (non-hydrogen) atoms. The Balaban J connectivity index is 2.37. The van der Waals surface area contributed by atoms with Gasteiger partial charge in [0.2, 0.25) is 0 Å². The molecule has 0 amide bonds. The monoisotopic (exact) mass is 238 g/mol. The Morgan fingerprint density at radius 1 is 1.40 bits per heavy atom. The highest BCUT2D eigenvalue weighted by Crippen LogP contribution is 2.50. The molecule has 0 N–H and O–H groups in total. The molecule has 2 unspecified atom stereocenters. The van der Waals surface area contributed by atoms with Crippen molar-refractivity contribution >= 4 is 7.82 Å². The minimum Gasteiger partial charge on any atom is -0.373 e. The fourth-order valence-corrected chi connectivity index (χ4v) is 2.61. The molecule has 1 aliphatic heterocycles. The molecule has 0 radical (unpaired) electrons. The van der Waals surface area contributed by atoms with E-state index in [9.17, 15) is 4.57 Å². The van der Waals surface area contributed by atoms with Crippen LogP contribution in [0.1, 0.15) is 27.2 Å². The molecule has 0 spiro atoms. The zero-order valence-corrected chi connectivity index (χ0v) is 10.4. The average molecular weight is 238 g/mol. The molecule has 90 valence electrons. The summed E-state index contributed by atoms with van der Waals surface area (Å²) in [5.74, 6) is 0. The molecule has 2 atom stereocenters. The third-order valence-corrected chi connectivity index (χ3v) is 3.65. The van der Waals surface area contributed by atoms with E-state index in [4.69, 9.17) is 18.3 Å². The van der Waals surface area contributed by atoms with Crippen LogP contribution in [0.3, 0.4) is 0 Å². The quantitative estimate of drug-likeness (QED) is 0.480. The molecule has 0 aromatic heterocycles. The molecule has 0 aromatic carbocycles. The Labute approximate surface area is 90.7 Å². The zero-order valence-electron chi connectivity index (χ0n) is 9.47. The van der Waals surface area contributed by atoms with Gasteiger partial charge in [0, 0.05) is 6.42 Å². The molecule has 6 heteroatoms. The summed E-state index contributed by atoms with van der Waals surface area (Å²) < 4.78 is 32.3. The Bertz CT molecular complexity index is 219. The maximum absolute atomic E-state index is 11.9. The van der Waals surface area contributed by atoms with Crippen LogP contribution in [0.4, 0.5) is 0 Å². The number of hydrogen-bond donors (Lipinski definition) is 0. The van der Waals surface area contributed by atoms with Crippen LogP contribution in [0.25, 0.3) is 0 Å². The van der Waals surface area contributed by atoms with Gasteiger partial charge in [-0.3, -0.25) is 13.6 Å². The van der Waals surface area contributed by atoms with Crippen LogP contribution in [0.5, 0.6) is 0 Å². The van der Waals surface area contributed by atoms with Gasteiger partial charge in [0.05, 0.1) is 32.0 Å². The summed E-state index contributed by atoms with van der Waals surface area (Å²) in [4.78, 5) is 0. The number of rotatable bonds is 8. The van der Waals surface area contributed by atoms with Crippen molar-refractivity contribution < 1.29 is 22.9 Å². The van der Waals surface area contributed by atoms with Crippen LogP contribution in [-0.2, 0) is 22.9 Å². The lowest BCUT2D eigenvalue weighted by Gasteiger charge is -2.20. The molecule has 1 fully saturated rings. The summed E-state index contributed by atoms with van der Waals surface area (Å²) in [7, 11) is -3.36. The molecule has 0 aromatic rings. The Kier molecular flexibility index (Phi) is 5.23. The van der Waals surface area contributed by atoms with Crippen molar-refractivity contribution in [3.63, 3.8) is 0 Å². The van der Waals surface area contributed by atoms with Gasteiger partial charge < -0.3 is 4.74 Å². The minimum absolute atomic E-state index is 0.179. The van der Waals surface area contributed by atoms with Crippen molar-refractivity contribution in [2.45, 2.75) is 39.4 Å². The SMILES string of the molecule is CCOP(=O)(OCC)OC(C)CC1CO1. The highest BCUT2D eigenvalue weighted by atomic mass is 31.2. The van der Waals surface area contributed by atoms with Crippen molar-refractivity contribution in [1.82, 2.24) is 0 Å². The van der Waals surface area contributed by atoms with E-state index >= 15 is 0 Å². The fraction of sp³-hybridized carbons (Fsp3) is 1.00. The van der Waals surface area contributed by atoms with Gasteiger partial charge in [0.25, 0.3) is 0 Å². The molecule has 1 rings (SSSR count). The van der Waals surface area contributed by atoms with Gasteiger partial charge >= 0.3 is 7.82 Å². The molecule has 1 saturated heterocycles. The Morgan fingerprint density at radius 2 is 1.93 bits per heavy atom. The Morgan fingerprint density at radius 3 is 2.33 bits per heavy atom. The van der Waals surface area contributed by atoms with Gasteiger partial charge in [-0.1, -0.05) is 0 Å². The highest BCUT2D eigenvalue weighted by molar-refractivity contribution is 7.48. The summed E-state index contributed by atoms with van der Waals surface area (Å²) in [6.07, 6.45) is 0.794. The molecular weight excluding hydrogens is 219 g/mol. The number of phosphoric acid groups is 1. The van der Waals surface area contributed by atoms with Crippen molar-refractivity contribution in [3.8, 4) is 0 Å². The van der Waals surface area contributed by atoms with Gasteiger partial charge in [0.15, 0.2) is 0 Å². The van der Waals surface area contributed by atoms with Crippen molar-refractivity contribution in [2.75, 3.05) is 19.8 Å². The molecule has 0 saturated carbocycles.